The number of carbonyl (C=O) groups is 4. The zero-order valence-electron chi connectivity index (χ0n) is 19.4. The first-order chi connectivity index (χ1) is 17.2. The third kappa shape index (κ3) is 6.02. The molecular formula is C21H17BrN5NaO7S2. The first kappa shape index (κ1) is 29.1. The van der Waals surface area contributed by atoms with E-state index in [4.69, 9.17) is 15.3 Å². The molecule has 1 aromatic heterocycles. The number of nitrogens with zero attached hydrogens (tertiary/aromatic N) is 3. The molecule has 37 heavy (non-hydrogen) atoms. The molecule has 2 atom stereocenters. The molecule has 16 heteroatoms. The molecule has 4 rings (SSSR count). The predicted octanol–water partition coefficient (Wildman–Crippen LogP) is -2.90. The van der Waals surface area contributed by atoms with Gasteiger partial charge in [-0.25, -0.2) is 9.78 Å². The van der Waals surface area contributed by atoms with Gasteiger partial charge < -0.3 is 30.5 Å². The Balaban J connectivity index is 0.00000380. The Morgan fingerprint density at radius 2 is 2.03 bits per heavy atom. The Morgan fingerprint density at radius 3 is 2.62 bits per heavy atom. The summed E-state index contributed by atoms with van der Waals surface area (Å²) in [5, 5.41) is 17.6. The molecule has 12 nitrogen and oxygen atoms in total. The van der Waals surface area contributed by atoms with Gasteiger partial charge in [-0.15, -0.1) is 11.8 Å². The molecule has 0 aliphatic carbocycles. The van der Waals surface area contributed by atoms with Crippen molar-refractivity contribution >= 4 is 73.6 Å². The number of nitrogen functional groups attached to an aromatic ring is 1. The van der Waals surface area contributed by atoms with E-state index in [1.54, 1.807) is 30.3 Å². The third-order valence-electron chi connectivity index (χ3n) is 5.14. The zero-order valence-corrected chi connectivity index (χ0v) is 24.6. The van der Waals surface area contributed by atoms with Crippen LogP contribution in [0.4, 0.5) is 5.13 Å². The number of carbonyl (C=O) groups excluding carboxylic acids is 4. The molecule has 1 fully saturated rings. The number of amides is 2. The number of fused-ring (bicyclic) bond motifs is 1. The quantitative estimate of drug-likeness (QED) is 0.103. The van der Waals surface area contributed by atoms with Crippen LogP contribution < -0.4 is 45.7 Å². The number of nitrogens with one attached hydrogen (secondary N) is 1. The van der Waals surface area contributed by atoms with Gasteiger partial charge in [0.25, 0.3) is 11.8 Å². The van der Waals surface area contributed by atoms with Crippen LogP contribution in [0.1, 0.15) is 16.1 Å². The number of rotatable bonds is 8. The number of esters is 1. The fourth-order valence-corrected chi connectivity index (χ4v) is 6.21. The van der Waals surface area contributed by atoms with Gasteiger partial charge in [0.2, 0.25) is 0 Å². The number of carboxylic acids is 1. The number of aromatic nitrogens is 1. The monoisotopic (exact) mass is 617 g/mol. The van der Waals surface area contributed by atoms with Crippen molar-refractivity contribution in [1.29, 1.82) is 0 Å². The van der Waals surface area contributed by atoms with Crippen LogP contribution in [0.25, 0.3) is 0 Å². The summed E-state index contributed by atoms with van der Waals surface area (Å²) in [6.07, 6.45) is 0. The Kier molecular flexibility index (Phi) is 9.77. The second kappa shape index (κ2) is 12.4. The van der Waals surface area contributed by atoms with Crippen molar-refractivity contribution in [3.63, 3.8) is 0 Å². The Hall–Kier alpha value is -2.43. The largest absolute Gasteiger partial charge is 1.00 e. The standard InChI is InChI=1S/C21H18BrN5O7S2.Na/c1-33-26-12(11-15(22)36-21(23)25-11)16(28)24-13-17(29)27-14(19(30)31)10(8-35-18(13)27)7-34-20(32)9-5-3-2-4-6-9;/h2-6,13,18H,7-8H2,1H3,(H2,23,25)(H,24,28)(H,30,31);/q;+1/p-1/b26-12-;/t13?,18-;/m1./s1. The second-order valence-electron chi connectivity index (χ2n) is 7.34. The average Bonchev–Trinajstić information content (AvgIpc) is 3.20. The number of carboxylic acid groups (broad SMARTS) is 1. The molecule has 188 valence electrons. The maximum Gasteiger partial charge on any atom is 1.00 e. The molecule has 2 aliphatic rings. The van der Waals surface area contributed by atoms with Gasteiger partial charge in [0.05, 0.1) is 17.2 Å². The van der Waals surface area contributed by atoms with Crippen molar-refractivity contribution in [3.8, 4) is 0 Å². The molecule has 0 spiro atoms. The van der Waals surface area contributed by atoms with Gasteiger partial charge in [-0.05, 0) is 28.1 Å². The third-order valence-corrected chi connectivity index (χ3v) is 8.01. The number of benzene rings is 1. The SMILES string of the molecule is CO/N=C(\C(=O)NC1C(=O)N2C(C(=O)[O-])=C(COC(=O)c3ccccc3)CS[C@H]12)c1nc(N)sc1Br.[Na+]. The molecule has 1 saturated heterocycles. The van der Waals surface area contributed by atoms with Crippen LogP contribution in [0, 0.1) is 0 Å². The number of β-lactam (4-membered cyclic amide) rings is 1. The Bertz CT molecular complexity index is 1300. The van der Waals surface area contributed by atoms with Crippen LogP contribution in [0.3, 0.4) is 0 Å². The minimum absolute atomic E-state index is 0. The maximum absolute atomic E-state index is 12.9. The smallest absolute Gasteiger partial charge is 0.543 e. The number of hydrogen-bond acceptors (Lipinski definition) is 12. The summed E-state index contributed by atoms with van der Waals surface area (Å²) in [5.41, 5.74) is 5.74. The summed E-state index contributed by atoms with van der Waals surface area (Å²) >= 11 is 5.55. The molecular weight excluding hydrogens is 601 g/mol. The van der Waals surface area contributed by atoms with Crippen molar-refractivity contribution in [2.45, 2.75) is 11.4 Å². The van der Waals surface area contributed by atoms with Gasteiger partial charge in [-0.2, -0.15) is 0 Å². The van der Waals surface area contributed by atoms with Crippen molar-refractivity contribution in [1.82, 2.24) is 15.2 Å². The summed E-state index contributed by atoms with van der Waals surface area (Å²) in [4.78, 5) is 59.8. The topological polar surface area (TPSA) is 176 Å². The molecule has 1 aromatic carbocycles. The average molecular weight is 618 g/mol. The van der Waals surface area contributed by atoms with E-state index in [0.29, 0.717) is 9.35 Å². The molecule has 3 N–H and O–H groups in total. The summed E-state index contributed by atoms with van der Waals surface area (Å²) in [5.74, 6) is -3.51. The number of thiazole rings is 1. The van der Waals surface area contributed by atoms with E-state index in [2.05, 4.69) is 31.4 Å². The van der Waals surface area contributed by atoms with E-state index in [1.165, 1.54) is 18.9 Å². The van der Waals surface area contributed by atoms with E-state index in [-0.39, 0.29) is 69.7 Å². The van der Waals surface area contributed by atoms with Crippen molar-refractivity contribution < 1.29 is 63.4 Å². The van der Waals surface area contributed by atoms with E-state index < -0.39 is 35.2 Å². The van der Waals surface area contributed by atoms with Crippen LogP contribution in [0.15, 0.2) is 50.5 Å². The fourth-order valence-electron chi connectivity index (χ4n) is 3.55. The summed E-state index contributed by atoms with van der Waals surface area (Å²) in [6.45, 7) is -0.332. The van der Waals surface area contributed by atoms with Crippen molar-refractivity contribution in [3.05, 3.63) is 56.6 Å². The molecule has 2 aliphatic heterocycles. The first-order valence-corrected chi connectivity index (χ1v) is 12.8. The second-order valence-corrected chi connectivity index (χ2v) is 10.8. The molecule has 1 unspecified atom stereocenters. The summed E-state index contributed by atoms with van der Waals surface area (Å²) in [7, 11) is 1.24. The van der Waals surface area contributed by atoms with Gasteiger partial charge in [0.1, 0.15) is 34.6 Å². The van der Waals surface area contributed by atoms with E-state index in [9.17, 15) is 24.3 Å². The predicted molar refractivity (Wildman–Crippen MR) is 132 cm³/mol. The number of nitrogens with two attached hydrogens (primary N) is 1. The van der Waals surface area contributed by atoms with Gasteiger partial charge in [0, 0.05) is 11.3 Å². The number of aliphatic carboxylic acids is 1. The number of thioether (sulfide) groups is 1. The molecule has 3 heterocycles. The van der Waals surface area contributed by atoms with Crippen molar-refractivity contribution in [2.24, 2.45) is 5.16 Å². The number of ether oxygens (including phenoxy) is 1. The zero-order chi connectivity index (χ0) is 26.0. The van der Waals surface area contributed by atoms with Crippen LogP contribution in [-0.2, 0) is 24.0 Å². The first-order valence-electron chi connectivity index (χ1n) is 10.2. The number of halogens is 1. The van der Waals surface area contributed by atoms with Gasteiger partial charge in [-0.1, -0.05) is 34.7 Å². The Morgan fingerprint density at radius 1 is 1.32 bits per heavy atom. The maximum atomic E-state index is 12.9. The van der Waals surface area contributed by atoms with Gasteiger partial charge in [0.15, 0.2) is 10.8 Å². The van der Waals surface area contributed by atoms with Crippen LogP contribution >= 0.6 is 39.0 Å². The van der Waals surface area contributed by atoms with Crippen LogP contribution in [0.2, 0.25) is 0 Å². The van der Waals surface area contributed by atoms with Crippen LogP contribution in [-0.4, -0.2) is 70.2 Å². The Labute approximate surface area is 249 Å². The molecule has 0 bridgehead atoms. The van der Waals surface area contributed by atoms with E-state index in [0.717, 1.165) is 16.2 Å². The van der Waals surface area contributed by atoms with E-state index in [1.807, 2.05) is 0 Å². The fraction of sp³-hybridized carbons (Fsp3) is 0.238. The molecule has 0 saturated carbocycles. The van der Waals surface area contributed by atoms with Gasteiger partial charge in [-0.3, -0.25) is 14.5 Å². The molecule has 2 aromatic rings. The molecule has 0 radical (unpaired) electrons. The number of oxime groups is 1. The van der Waals surface area contributed by atoms with Gasteiger partial charge >= 0.3 is 35.5 Å². The minimum Gasteiger partial charge on any atom is -0.543 e. The number of anilines is 1. The van der Waals surface area contributed by atoms with E-state index >= 15 is 0 Å². The summed E-state index contributed by atoms with van der Waals surface area (Å²) < 4.78 is 5.68. The minimum atomic E-state index is -1.59. The number of hydrogen-bond donors (Lipinski definition) is 2. The summed E-state index contributed by atoms with van der Waals surface area (Å²) in [6, 6.07) is 7.16. The van der Waals surface area contributed by atoms with Crippen LogP contribution in [0.5, 0.6) is 0 Å². The molecule has 2 amide bonds. The normalized spacial score (nSPS) is 18.8. The van der Waals surface area contributed by atoms with Crippen molar-refractivity contribution in [2.75, 3.05) is 25.2 Å².